The first kappa shape index (κ1) is 13.1. The van der Waals surface area contributed by atoms with Gasteiger partial charge in [0, 0.05) is 25.0 Å². The molecule has 2 aromatic rings. The van der Waals surface area contributed by atoms with Crippen LogP contribution in [-0.2, 0) is 11.3 Å². The van der Waals surface area contributed by atoms with Crippen LogP contribution in [0.15, 0.2) is 24.4 Å². The molecule has 6 nitrogen and oxygen atoms in total. The van der Waals surface area contributed by atoms with E-state index in [2.05, 4.69) is 10.00 Å². The second kappa shape index (κ2) is 5.60. The van der Waals surface area contributed by atoms with E-state index in [1.807, 2.05) is 10.7 Å². The Morgan fingerprint density at radius 3 is 2.85 bits per heavy atom. The summed E-state index contributed by atoms with van der Waals surface area (Å²) in [4.78, 5) is 13.3. The molecular weight excluding hydrogens is 258 g/mol. The van der Waals surface area contributed by atoms with Crippen LogP contribution in [0.1, 0.15) is 10.4 Å². The van der Waals surface area contributed by atoms with Crippen LogP contribution in [0.25, 0.3) is 10.9 Å². The van der Waals surface area contributed by atoms with E-state index in [4.69, 9.17) is 9.84 Å². The first-order valence-corrected chi connectivity index (χ1v) is 6.73. The average Bonchev–Trinajstić information content (AvgIpc) is 2.88. The second-order valence-corrected chi connectivity index (χ2v) is 4.90. The lowest BCUT2D eigenvalue weighted by molar-refractivity contribution is 0.0361. The van der Waals surface area contributed by atoms with Crippen LogP contribution in [0.2, 0.25) is 0 Å². The number of fused-ring (bicyclic) bond motifs is 1. The molecule has 1 aromatic carbocycles. The molecule has 1 aromatic heterocycles. The van der Waals surface area contributed by atoms with Crippen molar-refractivity contribution in [2.45, 2.75) is 6.54 Å². The van der Waals surface area contributed by atoms with Crippen molar-refractivity contribution in [3.63, 3.8) is 0 Å². The fourth-order valence-electron chi connectivity index (χ4n) is 2.46. The maximum Gasteiger partial charge on any atom is 0.335 e. The molecule has 0 atom stereocenters. The third-order valence-electron chi connectivity index (χ3n) is 3.62. The van der Waals surface area contributed by atoms with Crippen molar-refractivity contribution in [2.75, 3.05) is 32.8 Å². The van der Waals surface area contributed by atoms with E-state index < -0.39 is 5.97 Å². The smallest absolute Gasteiger partial charge is 0.335 e. The number of aromatic nitrogens is 2. The predicted octanol–water partition coefficient (Wildman–Crippen LogP) is 1.07. The topological polar surface area (TPSA) is 67.6 Å². The SMILES string of the molecule is O=C(O)c1ccc2c(cnn2CCN2CCOCC2)c1. The van der Waals surface area contributed by atoms with Gasteiger partial charge in [-0.05, 0) is 18.2 Å². The third-order valence-corrected chi connectivity index (χ3v) is 3.62. The van der Waals surface area contributed by atoms with Crippen molar-refractivity contribution in [2.24, 2.45) is 0 Å². The Morgan fingerprint density at radius 2 is 2.10 bits per heavy atom. The lowest BCUT2D eigenvalue weighted by atomic mass is 10.1. The van der Waals surface area contributed by atoms with Crippen molar-refractivity contribution in [1.29, 1.82) is 0 Å². The molecular formula is C14H17N3O3. The van der Waals surface area contributed by atoms with E-state index in [1.54, 1.807) is 18.3 Å². The van der Waals surface area contributed by atoms with Crippen molar-refractivity contribution in [3.8, 4) is 0 Å². The standard InChI is InChI=1S/C14H17N3O3/c18-14(19)11-1-2-13-12(9-11)10-15-17(13)4-3-16-5-7-20-8-6-16/h1-2,9-10H,3-8H2,(H,18,19). The van der Waals surface area contributed by atoms with Gasteiger partial charge >= 0.3 is 5.97 Å². The van der Waals surface area contributed by atoms with Crippen LogP contribution < -0.4 is 0 Å². The molecule has 1 N–H and O–H groups in total. The molecule has 1 aliphatic rings. The Labute approximate surface area is 116 Å². The highest BCUT2D eigenvalue weighted by Crippen LogP contribution is 2.16. The first-order chi connectivity index (χ1) is 9.74. The molecule has 0 bridgehead atoms. The summed E-state index contributed by atoms with van der Waals surface area (Å²) in [5.74, 6) is -0.909. The van der Waals surface area contributed by atoms with Crippen LogP contribution in [0.3, 0.4) is 0 Å². The minimum Gasteiger partial charge on any atom is -0.478 e. The number of rotatable bonds is 4. The fraction of sp³-hybridized carbons (Fsp3) is 0.429. The van der Waals surface area contributed by atoms with E-state index in [9.17, 15) is 4.79 Å². The van der Waals surface area contributed by atoms with Crippen LogP contribution in [0.4, 0.5) is 0 Å². The molecule has 106 valence electrons. The second-order valence-electron chi connectivity index (χ2n) is 4.90. The molecule has 2 heterocycles. The summed E-state index contributed by atoms with van der Waals surface area (Å²) in [6.45, 7) is 5.24. The van der Waals surface area contributed by atoms with Gasteiger partial charge in [0.05, 0.1) is 37.0 Å². The van der Waals surface area contributed by atoms with E-state index in [0.29, 0.717) is 5.56 Å². The van der Waals surface area contributed by atoms with Crippen molar-refractivity contribution >= 4 is 16.9 Å². The zero-order chi connectivity index (χ0) is 13.9. The number of carbonyl (C=O) groups is 1. The first-order valence-electron chi connectivity index (χ1n) is 6.73. The molecule has 3 rings (SSSR count). The number of ether oxygens (including phenoxy) is 1. The van der Waals surface area contributed by atoms with Gasteiger partial charge in [-0.1, -0.05) is 0 Å². The highest BCUT2D eigenvalue weighted by Gasteiger charge is 2.12. The van der Waals surface area contributed by atoms with Crippen molar-refractivity contribution in [1.82, 2.24) is 14.7 Å². The van der Waals surface area contributed by atoms with E-state index >= 15 is 0 Å². The maximum absolute atomic E-state index is 10.9. The molecule has 0 amide bonds. The molecule has 0 radical (unpaired) electrons. The fourth-order valence-corrected chi connectivity index (χ4v) is 2.46. The van der Waals surface area contributed by atoms with Gasteiger partial charge in [0.1, 0.15) is 0 Å². The number of carboxylic acid groups (broad SMARTS) is 1. The van der Waals surface area contributed by atoms with Gasteiger partial charge in [0.15, 0.2) is 0 Å². The monoisotopic (exact) mass is 275 g/mol. The Hall–Kier alpha value is -1.92. The Morgan fingerprint density at radius 1 is 1.30 bits per heavy atom. The zero-order valence-electron chi connectivity index (χ0n) is 11.2. The Bertz CT molecular complexity index is 617. The van der Waals surface area contributed by atoms with Gasteiger partial charge in [-0.25, -0.2) is 4.79 Å². The van der Waals surface area contributed by atoms with Gasteiger partial charge in [-0.3, -0.25) is 9.58 Å². The number of hydrogen-bond acceptors (Lipinski definition) is 4. The number of carboxylic acids is 1. The van der Waals surface area contributed by atoms with Gasteiger partial charge in [-0.2, -0.15) is 5.10 Å². The van der Waals surface area contributed by atoms with Gasteiger partial charge in [0.2, 0.25) is 0 Å². The molecule has 20 heavy (non-hydrogen) atoms. The van der Waals surface area contributed by atoms with E-state index in [-0.39, 0.29) is 0 Å². The number of hydrogen-bond donors (Lipinski definition) is 1. The summed E-state index contributed by atoms with van der Waals surface area (Å²) in [6.07, 6.45) is 1.72. The highest BCUT2D eigenvalue weighted by atomic mass is 16.5. The summed E-state index contributed by atoms with van der Waals surface area (Å²) in [5.41, 5.74) is 1.27. The van der Waals surface area contributed by atoms with Crippen LogP contribution in [0, 0.1) is 0 Å². The van der Waals surface area contributed by atoms with Crippen LogP contribution >= 0.6 is 0 Å². The van der Waals surface area contributed by atoms with Crippen LogP contribution in [0.5, 0.6) is 0 Å². The molecule has 0 aliphatic carbocycles. The molecule has 0 unspecified atom stereocenters. The van der Waals surface area contributed by atoms with E-state index in [0.717, 1.165) is 50.3 Å². The van der Waals surface area contributed by atoms with Gasteiger partial charge in [0.25, 0.3) is 0 Å². The minimum absolute atomic E-state index is 0.297. The number of benzene rings is 1. The summed E-state index contributed by atoms with van der Waals surface area (Å²) < 4.78 is 7.25. The number of nitrogens with zero attached hydrogens (tertiary/aromatic N) is 3. The van der Waals surface area contributed by atoms with Gasteiger partial charge < -0.3 is 9.84 Å². The van der Waals surface area contributed by atoms with Crippen molar-refractivity contribution < 1.29 is 14.6 Å². The normalized spacial score (nSPS) is 16.6. The summed E-state index contributed by atoms with van der Waals surface area (Å²) >= 11 is 0. The molecule has 6 heteroatoms. The average molecular weight is 275 g/mol. The summed E-state index contributed by atoms with van der Waals surface area (Å²) in [7, 11) is 0. The van der Waals surface area contributed by atoms with Gasteiger partial charge in [-0.15, -0.1) is 0 Å². The number of aromatic carboxylic acids is 1. The molecule has 0 spiro atoms. The molecule has 1 aliphatic heterocycles. The van der Waals surface area contributed by atoms with E-state index in [1.165, 1.54) is 0 Å². The van der Waals surface area contributed by atoms with Crippen molar-refractivity contribution in [3.05, 3.63) is 30.0 Å². The molecule has 1 saturated heterocycles. The number of morpholine rings is 1. The summed E-state index contributed by atoms with van der Waals surface area (Å²) in [6, 6.07) is 5.11. The molecule has 0 saturated carbocycles. The quantitative estimate of drug-likeness (QED) is 0.904. The predicted molar refractivity (Wildman–Crippen MR) is 74.0 cm³/mol. The molecule has 1 fully saturated rings. The Balaban J connectivity index is 1.73. The summed E-state index contributed by atoms with van der Waals surface area (Å²) in [5, 5.41) is 14.2. The lowest BCUT2D eigenvalue weighted by Crippen LogP contribution is -2.38. The lowest BCUT2D eigenvalue weighted by Gasteiger charge is -2.26. The Kier molecular flexibility index (Phi) is 3.66. The van der Waals surface area contributed by atoms with Crippen LogP contribution in [-0.4, -0.2) is 58.6 Å². The largest absolute Gasteiger partial charge is 0.478 e. The maximum atomic E-state index is 10.9. The third kappa shape index (κ3) is 2.66. The zero-order valence-corrected chi connectivity index (χ0v) is 11.2. The highest BCUT2D eigenvalue weighted by molar-refractivity contribution is 5.93. The minimum atomic E-state index is -0.909.